The molecule has 0 atom stereocenters. The molecule has 6 nitrogen and oxygen atoms in total. The molecule has 0 aliphatic heterocycles. The highest BCUT2D eigenvalue weighted by Crippen LogP contribution is 2.29. The van der Waals surface area contributed by atoms with Crippen LogP contribution in [0.15, 0.2) is 78.4 Å². The summed E-state index contributed by atoms with van der Waals surface area (Å²) in [5.74, 6) is 0.661. The van der Waals surface area contributed by atoms with Gasteiger partial charge in [0.2, 0.25) is 0 Å². The molecular weight excluding hydrogens is 478 g/mol. The first-order valence-corrected chi connectivity index (χ1v) is 12.7. The summed E-state index contributed by atoms with van der Waals surface area (Å²) in [7, 11) is 0. The number of fused-ring (bicyclic) bond motifs is 1. The average Bonchev–Trinajstić information content (AvgIpc) is 3.45. The number of thiophene rings is 1. The standard InChI is InChI=1S/C27H22ClN5OS/c28-21-12-13-35-24(21)15-29-25-26-30-14-23(33(26)16-22(32-25)17-4-2-1-3-5-17)18-6-8-19(9-7-18)27(34)31-20-10-11-20/h1-9,12-14,16,20H,10-11,15H2,(H,29,32)(H,31,34). The maximum absolute atomic E-state index is 12.4. The third-order valence-electron chi connectivity index (χ3n) is 6.02. The topological polar surface area (TPSA) is 71.3 Å². The molecule has 0 radical (unpaired) electrons. The molecule has 0 spiro atoms. The first kappa shape index (κ1) is 21.8. The van der Waals surface area contributed by atoms with Gasteiger partial charge in [0, 0.05) is 33.8 Å². The Kier molecular flexibility index (Phi) is 5.72. The number of hydrogen-bond donors (Lipinski definition) is 2. The van der Waals surface area contributed by atoms with Crippen molar-refractivity contribution in [1.29, 1.82) is 0 Å². The van der Waals surface area contributed by atoms with Crippen LogP contribution in [0.4, 0.5) is 5.82 Å². The molecule has 35 heavy (non-hydrogen) atoms. The number of carbonyl (C=O) groups excluding carboxylic acids is 1. The monoisotopic (exact) mass is 499 g/mol. The van der Waals surface area contributed by atoms with Crippen molar-refractivity contribution in [2.45, 2.75) is 25.4 Å². The second kappa shape index (κ2) is 9.17. The fourth-order valence-corrected chi connectivity index (χ4v) is 5.02. The second-order valence-electron chi connectivity index (χ2n) is 8.55. The van der Waals surface area contributed by atoms with Crippen molar-refractivity contribution in [2.24, 2.45) is 0 Å². The van der Waals surface area contributed by atoms with E-state index >= 15 is 0 Å². The van der Waals surface area contributed by atoms with Crippen LogP contribution in [0.1, 0.15) is 28.1 Å². The third kappa shape index (κ3) is 4.52. The maximum Gasteiger partial charge on any atom is 0.251 e. The number of nitrogens with one attached hydrogen (secondary N) is 2. The molecule has 1 aliphatic rings. The van der Waals surface area contributed by atoms with E-state index in [2.05, 4.69) is 15.6 Å². The third-order valence-corrected chi connectivity index (χ3v) is 7.41. The SMILES string of the molecule is O=C(NC1CC1)c1ccc(-c2cnc3c(NCc4sccc4Cl)nc(-c4ccccc4)cn23)cc1. The van der Waals surface area contributed by atoms with Gasteiger partial charge in [-0.2, -0.15) is 0 Å². The van der Waals surface area contributed by atoms with Crippen molar-refractivity contribution in [3.63, 3.8) is 0 Å². The zero-order valence-corrected chi connectivity index (χ0v) is 20.3. The Balaban J connectivity index is 1.38. The number of halogens is 1. The summed E-state index contributed by atoms with van der Waals surface area (Å²) in [6, 6.07) is 20.0. The summed E-state index contributed by atoms with van der Waals surface area (Å²) in [5.41, 5.74) is 5.12. The molecule has 1 fully saturated rings. The lowest BCUT2D eigenvalue weighted by atomic mass is 10.1. The molecule has 0 bridgehead atoms. The number of hydrogen-bond acceptors (Lipinski definition) is 5. The molecule has 1 amide bonds. The molecule has 1 aliphatic carbocycles. The van der Waals surface area contributed by atoms with E-state index in [-0.39, 0.29) is 5.91 Å². The Bertz CT molecular complexity index is 1510. The maximum atomic E-state index is 12.4. The minimum atomic E-state index is -0.0218. The number of nitrogens with zero attached hydrogens (tertiary/aromatic N) is 3. The highest BCUT2D eigenvalue weighted by atomic mass is 35.5. The van der Waals surface area contributed by atoms with Gasteiger partial charge >= 0.3 is 0 Å². The number of amides is 1. The average molecular weight is 500 g/mol. The van der Waals surface area contributed by atoms with E-state index < -0.39 is 0 Å². The van der Waals surface area contributed by atoms with E-state index in [0.29, 0.717) is 24.0 Å². The van der Waals surface area contributed by atoms with Gasteiger partial charge < -0.3 is 10.6 Å². The molecule has 6 rings (SSSR count). The number of rotatable bonds is 7. The largest absolute Gasteiger partial charge is 0.362 e. The summed E-state index contributed by atoms with van der Waals surface area (Å²) in [6.07, 6.45) is 5.98. The van der Waals surface area contributed by atoms with Gasteiger partial charge in [0.15, 0.2) is 11.5 Å². The summed E-state index contributed by atoms with van der Waals surface area (Å²) in [4.78, 5) is 23.0. The smallest absolute Gasteiger partial charge is 0.251 e. The second-order valence-corrected chi connectivity index (χ2v) is 9.96. The van der Waals surface area contributed by atoms with E-state index in [4.69, 9.17) is 16.6 Å². The molecule has 2 N–H and O–H groups in total. The van der Waals surface area contributed by atoms with Gasteiger partial charge in [-0.1, -0.05) is 54.1 Å². The molecular formula is C27H22ClN5OS. The van der Waals surface area contributed by atoms with Crippen molar-refractivity contribution in [3.8, 4) is 22.5 Å². The molecule has 5 aromatic rings. The van der Waals surface area contributed by atoms with Crippen LogP contribution in [0.2, 0.25) is 5.02 Å². The molecule has 0 saturated heterocycles. The highest BCUT2D eigenvalue weighted by Gasteiger charge is 2.23. The first-order chi connectivity index (χ1) is 17.2. The zero-order chi connectivity index (χ0) is 23.8. The molecule has 3 heterocycles. The fraction of sp³-hybridized carbons (Fsp3) is 0.148. The van der Waals surface area contributed by atoms with Crippen molar-refractivity contribution in [2.75, 3.05) is 5.32 Å². The van der Waals surface area contributed by atoms with Crippen LogP contribution in [0.25, 0.3) is 28.2 Å². The van der Waals surface area contributed by atoms with E-state index in [1.165, 1.54) is 0 Å². The van der Waals surface area contributed by atoms with Crippen LogP contribution in [-0.4, -0.2) is 26.3 Å². The van der Waals surface area contributed by atoms with Crippen LogP contribution < -0.4 is 10.6 Å². The Labute approximate surface area is 211 Å². The van der Waals surface area contributed by atoms with E-state index in [1.807, 2.05) is 82.8 Å². The fourth-order valence-electron chi connectivity index (χ4n) is 3.97. The van der Waals surface area contributed by atoms with E-state index in [9.17, 15) is 4.79 Å². The van der Waals surface area contributed by atoms with Gasteiger partial charge in [-0.05, 0) is 36.4 Å². The number of imidazole rings is 1. The minimum Gasteiger partial charge on any atom is -0.362 e. The number of benzene rings is 2. The molecule has 174 valence electrons. The van der Waals surface area contributed by atoms with Crippen molar-refractivity contribution < 1.29 is 4.79 Å². The first-order valence-electron chi connectivity index (χ1n) is 11.5. The predicted octanol–water partition coefficient (Wildman–Crippen LogP) is 6.28. The zero-order valence-electron chi connectivity index (χ0n) is 18.7. The van der Waals surface area contributed by atoms with Crippen LogP contribution in [0.3, 0.4) is 0 Å². The van der Waals surface area contributed by atoms with Gasteiger partial charge in [0.05, 0.1) is 29.2 Å². The van der Waals surface area contributed by atoms with Crippen molar-refractivity contribution in [3.05, 3.63) is 93.9 Å². The Morgan fingerprint density at radius 1 is 1.06 bits per heavy atom. The van der Waals surface area contributed by atoms with Gasteiger partial charge in [-0.15, -0.1) is 11.3 Å². The van der Waals surface area contributed by atoms with E-state index in [0.717, 1.165) is 50.9 Å². The lowest BCUT2D eigenvalue weighted by molar-refractivity contribution is 0.0951. The predicted molar refractivity (Wildman–Crippen MR) is 141 cm³/mol. The summed E-state index contributed by atoms with van der Waals surface area (Å²) < 4.78 is 2.05. The number of anilines is 1. The number of carbonyl (C=O) groups is 1. The van der Waals surface area contributed by atoms with Crippen LogP contribution >= 0.6 is 22.9 Å². The summed E-state index contributed by atoms with van der Waals surface area (Å²) in [6.45, 7) is 0.560. The van der Waals surface area contributed by atoms with Crippen molar-refractivity contribution in [1.82, 2.24) is 19.7 Å². The van der Waals surface area contributed by atoms with E-state index in [1.54, 1.807) is 11.3 Å². The quantitative estimate of drug-likeness (QED) is 0.276. The van der Waals surface area contributed by atoms with Gasteiger partial charge in [0.1, 0.15) is 0 Å². The van der Waals surface area contributed by atoms with Crippen molar-refractivity contribution >= 4 is 40.3 Å². The van der Waals surface area contributed by atoms with Gasteiger partial charge in [0.25, 0.3) is 5.91 Å². The number of aromatic nitrogens is 3. The minimum absolute atomic E-state index is 0.0218. The van der Waals surface area contributed by atoms with Gasteiger partial charge in [-0.3, -0.25) is 9.20 Å². The Hall–Kier alpha value is -3.68. The molecule has 8 heteroatoms. The lowest BCUT2D eigenvalue weighted by Gasteiger charge is -2.11. The summed E-state index contributed by atoms with van der Waals surface area (Å²) in [5, 5.41) is 9.19. The molecule has 3 aromatic heterocycles. The van der Waals surface area contributed by atoms with Crippen LogP contribution in [0, 0.1) is 0 Å². The highest BCUT2D eigenvalue weighted by molar-refractivity contribution is 7.10. The Morgan fingerprint density at radius 3 is 2.57 bits per heavy atom. The molecule has 0 unspecified atom stereocenters. The lowest BCUT2D eigenvalue weighted by Crippen LogP contribution is -2.25. The van der Waals surface area contributed by atoms with Gasteiger partial charge in [-0.25, -0.2) is 9.97 Å². The van der Waals surface area contributed by atoms with Crippen LogP contribution in [0.5, 0.6) is 0 Å². The molecule has 2 aromatic carbocycles. The summed E-state index contributed by atoms with van der Waals surface area (Å²) >= 11 is 7.91. The Morgan fingerprint density at radius 2 is 1.86 bits per heavy atom. The molecule has 1 saturated carbocycles. The normalized spacial score (nSPS) is 13.2. The van der Waals surface area contributed by atoms with Crippen LogP contribution in [-0.2, 0) is 6.54 Å².